The van der Waals surface area contributed by atoms with Gasteiger partial charge in [-0.1, -0.05) is 50.2 Å². The molecule has 0 aliphatic heterocycles. The van der Waals surface area contributed by atoms with Crippen LogP contribution in [0.2, 0.25) is 0 Å². The number of hydrogen-bond acceptors (Lipinski definition) is 4. The van der Waals surface area contributed by atoms with Crippen molar-refractivity contribution in [3.05, 3.63) is 82.7 Å². The maximum Gasteiger partial charge on any atom is 0.232 e. The number of aromatic nitrogens is 1. The van der Waals surface area contributed by atoms with Gasteiger partial charge in [0.25, 0.3) is 0 Å². The van der Waals surface area contributed by atoms with Crippen LogP contribution in [0.5, 0.6) is 5.75 Å². The van der Waals surface area contributed by atoms with Gasteiger partial charge in [0.1, 0.15) is 5.75 Å². The van der Waals surface area contributed by atoms with Gasteiger partial charge in [0.15, 0.2) is 5.13 Å². The first-order valence-corrected chi connectivity index (χ1v) is 9.66. The van der Waals surface area contributed by atoms with Crippen LogP contribution in [-0.4, -0.2) is 18.0 Å². The fraction of sp³-hybridized carbons (Fsp3) is 0.227. The van der Waals surface area contributed by atoms with Gasteiger partial charge in [-0.15, -0.1) is 11.3 Å². The summed E-state index contributed by atoms with van der Waals surface area (Å²) in [5.41, 5.74) is 1.53. The molecule has 28 heavy (non-hydrogen) atoms. The summed E-state index contributed by atoms with van der Waals surface area (Å²) in [5.74, 6) is 0.146. The number of rotatable bonds is 6. The molecule has 0 saturated carbocycles. The largest absolute Gasteiger partial charge is 0.508 e. The van der Waals surface area contributed by atoms with E-state index in [2.05, 4.69) is 15.1 Å². The molecule has 1 atom stereocenters. The van der Waals surface area contributed by atoms with Crippen molar-refractivity contribution in [2.45, 2.75) is 19.8 Å². The molecule has 6 heteroatoms. The number of thiazole rings is 1. The molecule has 2 aromatic carbocycles. The zero-order valence-corrected chi connectivity index (χ0v) is 16.8. The fourth-order valence-corrected chi connectivity index (χ4v) is 3.84. The summed E-state index contributed by atoms with van der Waals surface area (Å²) in [5, 5.41) is 5.31. The molecular weight excluding hydrogens is 370 g/mol. The third-order valence-electron chi connectivity index (χ3n) is 4.75. The molecule has 1 heterocycles. The monoisotopic (exact) mass is 391 g/mol. The van der Waals surface area contributed by atoms with E-state index in [1.54, 1.807) is 19.4 Å². The number of nitrogens with one attached hydrogen (secondary N) is 1. The highest BCUT2D eigenvalue weighted by Crippen LogP contribution is 2.44. The lowest BCUT2D eigenvalue weighted by Gasteiger charge is -2.34. The van der Waals surface area contributed by atoms with E-state index in [4.69, 9.17) is 11.3 Å². The molecule has 0 radical (unpaired) electrons. The molecule has 1 N–H and O–H groups in total. The molecule has 1 amide bonds. The molecule has 3 aromatic rings. The predicted octanol–water partition coefficient (Wildman–Crippen LogP) is 5.50. The predicted molar refractivity (Wildman–Crippen MR) is 112 cm³/mol. The maximum absolute atomic E-state index is 13.2. The Morgan fingerprint density at radius 2 is 1.96 bits per heavy atom. The van der Waals surface area contributed by atoms with E-state index in [-0.39, 0.29) is 11.8 Å². The van der Waals surface area contributed by atoms with E-state index in [0.29, 0.717) is 16.6 Å². The Morgan fingerprint density at radius 1 is 1.21 bits per heavy atom. The normalized spacial score (nSPS) is 12.1. The fourth-order valence-electron chi connectivity index (χ4n) is 3.32. The second kappa shape index (κ2) is 8.24. The number of hydrogen-bond donors (Lipinski definition) is 1. The third kappa shape index (κ3) is 3.90. The van der Waals surface area contributed by atoms with E-state index in [1.165, 1.54) is 11.3 Å². The van der Waals surface area contributed by atoms with Crippen molar-refractivity contribution in [2.75, 3.05) is 12.4 Å². The second-order valence-corrected chi connectivity index (χ2v) is 7.79. The quantitative estimate of drug-likeness (QED) is 0.565. The molecule has 0 saturated heterocycles. The number of benzene rings is 2. The molecule has 0 spiro atoms. The van der Waals surface area contributed by atoms with Gasteiger partial charge in [-0.2, -0.15) is 0 Å². The van der Waals surface area contributed by atoms with Gasteiger partial charge in [0, 0.05) is 17.5 Å². The van der Waals surface area contributed by atoms with E-state index in [9.17, 15) is 4.79 Å². The molecule has 142 valence electrons. The van der Waals surface area contributed by atoms with Crippen molar-refractivity contribution < 1.29 is 9.53 Å². The van der Waals surface area contributed by atoms with Crippen LogP contribution in [0.4, 0.5) is 10.8 Å². The lowest BCUT2D eigenvalue weighted by atomic mass is 9.70. The van der Waals surface area contributed by atoms with Crippen molar-refractivity contribution in [2.24, 2.45) is 5.41 Å². The highest BCUT2D eigenvalue weighted by molar-refractivity contribution is 7.13. The van der Waals surface area contributed by atoms with Crippen LogP contribution in [0.1, 0.15) is 30.9 Å². The smallest absolute Gasteiger partial charge is 0.232 e. The van der Waals surface area contributed by atoms with Crippen LogP contribution in [0.3, 0.4) is 0 Å². The minimum absolute atomic E-state index is 0.128. The number of nitrogens with zero attached hydrogens (tertiary/aromatic N) is 2. The topological polar surface area (TPSA) is 55.6 Å². The highest BCUT2D eigenvalue weighted by Gasteiger charge is 2.39. The van der Waals surface area contributed by atoms with Crippen LogP contribution < -0.4 is 10.1 Å². The third-order valence-corrected chi connectivity index (χ3v) is 5.44. The minimum Gasteiger partial charge on any atom is -0.508 e. The molecule has 0 aliphatic rings. The summed E-state index contributed by atoms with van der Waals surface area (Å²) >= 11 is 1.38. The molecule has 0 bridgehead atoms. The standard InChI is InChI=1S/C22H21N3O2S/c1-22(2,20(26)25-21-24-12-13-28-21)19(15-8-6-5-7-9-15)16-10-11-18(27-4)17(14-16)23-3/h5-14,19H,1-2,4H3,(H,24,25,26)/t19-/m1/s1. The summed E-state index contributed by atoms with van der Waals surface area (Å²) in [6.07, 6.45) is 1.66. The van der Waals surface area contributed by atoms with Crippen molar-refractivity contribution in [1.82, 2.24) is 4.98 Å². The zero-order chi connectivity index (χ0) is 20.1. The Bertz CT molecular complexity index is 992. The van der Waals surface area contributed by atoms with Gasteiger partial charge >= 0.3 is 0 Å². The molecular formula is C22H21N3O2S. The summed E-state index contributed by atoms with van der Waals surface area (Å²) in [6.45, 7) is 11.3. The molecule has 3 rings (SSSR count). The highest BCUT2D eigenvalue weighted by atomic mass is 32.1. The first-order chi connectivity index (χ1) is 13.5. The number of carbonyl (C=O) groups is 1. The Kier molecular flexibility index (Phi) is 5.76. The van der Waals surface area contributed by atoms with Gasteiger partial charge in [-0.05, 0) is 23.3 Å². The Balaban J connectivity index is 2.07. The first-order valence-electron chi connectivity index (χ1n) is 8.78. The van der Waals surface area contributed by atoms with E-state index in [1.807, 2.05) is 61.7 Å². The van der Waals surface area contributed by atoms with Crippen molar-refractivity contribution >= 4 is 28.1 Å². The van der Waals surface area contributed by atoms with Crippen molar-refractivity contribution in [1.29, 1.82) is 0 Å². The summed E-state index contributed by atoms with van der Waals surface area (Å²) in [4.78, 5) is 20.9. The Labute approximate surface area is 168 Å². The molecule has 0 fully saturated rings. The summed E-state index contributed by atoms with van der Waals surface area (Å²) in [6, 6.07) is 15.4. The van der Waals surface area contributed by atoms with Crippen molar-refractivity contribution in [3.8, 4) is 5.75 Å². The van der Waals surface area contributed by atoms with Crippen LogP contribution >= 0.6 is 11.3 Å². The van der Waals surface area contributed by atoms with Gasteiger partial charge in [0.05, 0.1) is 19.1 Å². The van der Waals surface area contributed by atoms with Gasteiger partial charge in [0.2, 0.25) is 11.6 Å². The van der Waals surface area contributed by atoms with Gasteiger partial charge in [-0.3, -0.25) is 4.79 Å². The number of amides is 1. The van der Waals surface area contributed by atoms with E-state index < -0.39 is 5.41 Å². The van der Waals surface area contributed by atoms with Crippen LogP contribution in [0.25, 0.3) is 4.85 Å². The van der Waals surface area contributed by atoms with Crippen molar-refractivity contribution in [3.63, 3.8) is 0 Å². The average Bonchev–Trinajstić information content (AvgIpc) is 3.21. The SMILES string of the molecule is [C-]#[N+]c1cc([C@@H](c2ccccc2)C(C)(C)C(=O)Nc2nccs2)ccc1OC. The molecule has 0 aliphatic carbocycles. The Morgan fingerprint density at radius 3 is 2.57 bits per heavy atom. The average molecular weight is 391 g/mol. The molecule has 0 unspecified atom stereocenters. The zero-order valence-electron chi connectivity index (χ0n) is 16.0. The second-order valence-electron chi connectivity index (χ2n) is 6.90. The summed E-state index contributed by atoms with van der Waals surface area (Å²) < 4.78 is 5.28. The molecule has 1 aromatic heterocycles. The number of carbonyl (C=O) groups excluding carboxylic acids is 1. The lowest BCUT2D eigenvalue weighted by Crippen LogP contribution is -2.37. The van der Waals surface area contributed by atoms with Gasteiger partial charge in [-0.25, -0.2) is 9.83 Å². The first kappa shape index (κ1) is 19.6. The molecule has 5 nitrogen and oxygen atoms in total. The van der Waals surface area contributed by atoms with E-state index >= 15 is 0 Å². The summed E-state index contributed by atoms with van der Waals surface area (Å²) in [7, 11) is 1.55. The number of ether oxygens (including phenoxy) is 1. The lowest BCUT2D eigenvalue weighted by molar-refractivity contribution is -0.124. The van der Waals surface area contributed by atoms with Crippen LogP contribution in [0.15, 0.2) is 60.1 Å². The number of anilines is 1. The minimum atomic E-state index is -0.791. The van der Waals surface area contributed by atoms with E-state index in [0.717, 1.165) is 11.1 Å². The maximum atomic E-state index is 13.2. The number of methoxy groups -OCH3 is 1. The van der Waals surface area contributed by atoms with Crippen LogP contribution in [0, 0.1) is 12.0 Å². The Hall–Kier alpha value is -3.17. The van der Waals surface area contributed by atoms with Gasteiger partial charge < -0.3 is 10.1 Å². The van der Waals surface area contributed by atoms with Crippen LogP contribution in [-0.2, 0) is 4.79 Å².